The zero-order valence-electron chi connectivity index (χ0n) is 11.4. The molecule has 0 aliphatic carbocycles. The zero-order valence-corrected chi connectivity index (χ0v) is 11.4. The number of hydrogen-bond acceptors (Lipinski definition) is 3. The van der Waals surface area contributed by atoms with E-state index in [0.29, 0.717) is 5.75 Å². The molecule has 1 N–H and O–H groups in total. The predicted octanol–water partition coefficient (Wildman–Crippen LogP) is 3.48. The number of aliphatic imine (C=N–C) groups is 1. The highest BCUT2D eigenvalue weighted by Gasteiger charge is 2.33. The van der Waals surface area contributed by atoms with Crippen molar-refractivity contribution in [3.05, 3.63) is 42.0 Å². The van der Waals surface area contributed by atoms with E-state index in [-0.39, 0.29) is 6.04 Å². The summed E-state index contributed by atoms with van der Waals surface area (Å²) in [6, 6.07) is 12.4. The molecule has 0 radical (unpaired) electrons. The summed E-state index contributed by atoms with van der Waals surface area (Å²) >= 11 is 0. The van der Waals surface area contributed by atoms with E-state index in [2.05, 4.69) is 22.0 Å². The quantitative estimate of drug-likeness (QED) is 0.857. The Kier molecular flexibility index (Phi) is 2.66. The first-order chi connectivity index (χ1) is 9.84. The minimum atomic E-state index is 0.278. The van der Waals surface area contributed by atoms with Crippen LogP contribution in [0.25, 0.3) is 10.8 Å². The van der Waals surface area contributed by atoms with Crippen molar-refractivity contribution in [1.29, 1.82) is 0 Å². The van der Waals surface area contributed by atoms with E-state index in [4.69, 9.17) is 0 Å². The number of rotatable bonds is 1. The molecule has 0 spiro atoms. The van der Waals surface area contributed by atoms with Gasteiger partial charge in [0.05, 0.1) is 11.9 Å². The van der Waals surface area contributed by atoms with Gasteiger partial charge in [0.25, 0.3) is 0 Å². The summed E-state index contributed by atoms with van der Waals surface area (Å²) in [5, 5.41) is 12.8. The second-order valence-corrected chi connectivity index (χ2v) is 5.62. The summed E-state index contributed by atoms with van der Waals surface area (Å²) in [5.74, 6) is 1.65. The molecule has 3 heteroatoms. The topological polar surface area (TPSA) is 35.8 Å². The third-order valence-corrected chi connectivity index (χ3v) is 4.48. The normalized spacial score (nSPS) is 21.9. The van der Waals surface area contributed by atoms with Crippen LogP contribution in [0.1, 0.15) is 30.9 Å². The molecule has 1 fully saturated rings. The van der Waals surface area contributed by atoms with E-state index in [1.165, 1.54) is 16.6 Å². The van der Waals surface area contributed by atoms with E-state index in [9.17, 15) is 5.11 Å². The molecule has 2 aliphatic heterocycles. The fraction of sp³-hybridized carbons (Fsp3) is 0.353. The van der Waals surface area contributed by atoms with Crippen LogP contribution in [0.5, 0.6) is 5.75 Å². The average molecular weight is 266 g/mol. The Balaban J connectivity index is 1.88. The van der Waals surface area contributed by atoms with Crippen LogP contribution in [0.3, 0.4) is 0 Å². The average Bonchev–Trinajstić information content (AvgIpc) is 2.91. The van der Waals surface area contributed by atoms with Gasteiger partial charge in [-0.3, -0.25) is 4.99 Å². The zero-order chi connectivity index (χ0) is 13.5. The fourth-order valence-corrected chi connectivity index (χ4v) is 3.58. The second kappa shape index (κ2) is 4.51. The van der Waals surface area contributed by atoms with Crippen LogP contribution < -0.4 is 0 Å². The van der Waals surface area contributed by atoms with Gasteiger partial charge in [-0.25, -0.2) is 0 Å². The Hall–Kier alpha value is -2.03. The SMILES string of the molecule is Oc1ccc2ccccc2c1[C@H]1CCC2=NCCCN21. The van der Waals surface area contributed by atoms with E-state index >= 15 is 0 Å². The molecule has 0 saturated carbocycles. The number of amidine groups is 1. The van der Waals surface area contributed by atoms with E-state index < -0.39 is 0 Å². The van der Waals surface area contributed by atoms with Gasteiger partial charge in [-0.05, 0) is 29.7 Å². The Morgan fingerprint density at radius 2 is 2.05 bits per heavy atom. The third kappa shape index (κ3) is 1.69. The van der Waals surface area contributed by atoms with Gasteiger partial charge in [-0.1, -0.05) is 30.3 Å². The molecule has 0 amide bonds. The molecule has 1 saturated heterocycles. The lowest BCUT2D eigenvalue weighted by Gasteiger charge is -2.30. The lowest BCUT2D eigenvalue weighted by molar-refractivity contribution is 0.321. The number of nitrogens with zero attached hydrogens (tertiary/aromatic N) is 2. The monoisotopic (exact) mass is 266 g/mol. The van der Waals surface area contributed by atoms with Gasteiger partial charge in [0.2, 0.25) is 0 Å². The van der Waals surface area contributed by atoms with Crippen LogP contribution in [0.2, 0.25) is 0 Å². The minimum absolute atomic E-state index is 0.278. The van der Waals surface area contributed by atoms with Crippen molar-refractivity contribution in [2.75, 3.05) is 13.1 Å². The summed E-state index contributed by atoms with van der Waals surface area (Å²) in [4.78, 5) is 7.03. The Morgan fingerprint density at radius 1 is 1.15 bits per heavy atom. The van der Waals surface area contributed by atoms with E-state index in [1.807, 2.05) is 24.3 Å². The van der Waals surface area contributed by atoms with Crippen molar-refractivity contribution in [2.45, 2.75) is 25.3 Å². The number of phenols is 1. The van der Waals surface area contributed by atoms with Gasteiger partial charge in [-0.2, -0.15) is 0 Å². The lowest BCUT2D eigenvalue weighted by atomic mass is 9.96. The van der Waals surface area contributed by atoms with Crippen molar-refractivity contribution >= 4 is 16.6 Å². The minimum Gasteiger partial charge on any atom is -0.508 e. The van der Waals surface area contributed by atoms with Crippen LogP contribution in [-0.2, 0) is 0 Å². The van der Waals surface area contributed by atoms with Crippen molar-refractivity contribution < 1.29 is 5.11 Å². The number of hydrogen-bond donors (Lipinski definition) is 1. The molecule has 2 aromatic carbocycles. The van der Waals surface area contributed by atoms with Crippen LogP contribution >= 0.6 is 0 Å². The van der Waals surface area contributed by atoms with Gasteiger partial charge in [0.15, 0.2) is 0 Å². The molecular formula is C17H18N2O. The van der Waals surface area contributed by atoms with E-state index in [1.54, 1.807) is 0 Å². The first kappa shape index (κ1) is 11.8. The molecule has 0 bridgehead atoms. The summed E-state index contributed by atoms with van der Waals surface area (Å²) in [6.45, 7) is 2.02. The van der Waals surface area contributed by atoms with Gasteiger partial charge in [-0.15, -0.1) is 0 Å². The molecular weight excluding hydrogens is 248 g/mol. The molecule has 2 aliphatic rings. The molecule has 2 heterocycles. The standard InChI is InChI=1S/C17H18N2O/c20-15-8-6-12-4-1-2-5-13(12)17(15)14-7-9-16-18-10-3-11-19(14)16/h1-2,4-6,8,14,20H,3,7,9-11H2/t14-/m1/s1. The smallest absolute Gasteiger partial charge is 0.121 e. The van der Waals surface area contributed by atoms with Crippen molar-refractivity contribution in [2.24, 2.45) is 4.99 Å². The summed E-state index contributed by atoms with van der Waals surface area (Å²) in [5.41, 5.74) is 1.08. The Morgan fingerprint density at radius 3 is 3.00 bits per heavy atom. The number of phenolic OH excluding ortho intramolecular Hbond substituents is 1. The largest absolute Gasteiger partial charge is 0.508 e. The molecule has 4 rings (SSSR count). The third-order valence-electron chi connectivity index (χ3n) is 4.48. The second-order valence-electron chi connectivity index (χ2n) is 5.62. The highest BCUT2D eigenvalue weighted by Crippen LogP contribution is 2.42. The molecule has 102 valence electrons. The summed E-state index contributed by atoms with van der Waals surface area (Å²) in [6.07, 6.45) is 3.21. The molecule has 1 atom stereocenters. The van der Waals surface area contributed by atoms with Gasteiger partial charge >= 0.3 is 0 Å². The molecule has 0 aromatic heterocycles. The number of aromatic hydroxyl groups is 1. The highest BCUT2D eigenvalue weighted by atomic mass is 16.3. The Bertz CT molecular complexity index is 692. The van der Waals surface area contributed by atoms with Crippen LogP contribution in [-0.4, -0.2) is 28.9 Å². The van der Waals surface area contributed by atoms with E-state index in [0.717, 1.165) is 37.9 Å². The Labute approximate surface area is 118 Å². The van der Waals surface area contributed by atoms with Gasteiger partial charge < -0.3 is 10.0 Å². The maximum Gasteiger partial charge on any atom is 0.121 e. The van der Waals surface area contributed by atoms with Crippen molar-refractivity contribution in [1.82, 2.24) is 4.90 Å². The van der Waals surface area contributed by atoms with Gasteiger partial charge in [0.1, 0.15) is 5.75 Å². The maximum atomic E-state index is 10.4. The van der Waals surface area contributed by atoms with Crippen LogP contribution in [0, 0.1) is 0 Å². The number of benzene rings is 2. The van der Waals surface area contributed by atoms with Crippen molar-refractivity contribution in [3.63, 3.8) is 0 Å². The first-order valence-corrected chi connectivity index (χ1v) is 7.35. The predicted molar refractivity (Wildman–Crippen MR) is 81.2 cm³/mol. The summed E-state index contributed by atoms with van der Waals surface area (Å²) < 4.78 is 0. The fourth-order valence-electron chi connectivity index (χ4n) is 3.58. The molecule has 2 aromatic rings. The molecule has 20 heavy (non-hydrogen) atoms. The van der Waals surface area contributed by atoms with Crippen LogP contribution in [0.15, 0.2) is 41.4 Å². The highest BCUT2D eigenvalue weighted by molar-refractivity contribution is 5.91. The number of fused-ring (bicyclic) bond motifs is 2. The summed E-state index contributed by atoms with van der Waals surface area (Å²) in [7, 11) is 0. The maximum absolute atomic E-state index is 10.4. The first-order valence-electron chi connectivity index (χ1n) is 7.35. The molecule has 3 nitrogen and oxygen atoms in total. The van der Waals surface area contributed by atoms with Crippen LogP contribution in [0.4, 0.5) is 0 Å². The van der Waals surface area contributed by atoms with Gasteiger partial charge in [0, 0.05) is 25.1 Å². The van der Waals surface area contributed by atoms with Crippen molar-refractivity contribution in [3.8, 4) is 5.75 Å². The lowest BCUT2D eigenvalue weighted by Crippen LogP contribution is -2.32. The molecule has 0 unspecified atom stereocenters.